The minimum Gasteiger partial charge on any atom is -0.469 e. The third-order valence-electron chi connectivity index (χ3n) is 3.49. The lowest BCUT2D eigenvalue weighted by atomic mass is 9.94. The molecular formula is C13H23NO4. The molecule has 2 unspecified atom stereocenters. The van der Waals surface area contributed by atoms with E-state index in [1.165, 1.54) is 7.11 Å². The van der Waals surface area contributed by atoms with E-state index in [1.807, 2.05) is 20.8 Å². The maximum atomic E-state index is 12.2. The Bertz CT molecular complexity index is 329. The van der Waals surface area contributed by atoms with Crippen molar-refractivity contribution in [2.45, 2.75) is 32.7 Å². The number of hydrogen-bond acceptors (Lipinski definition) is 4. The molecule has 1 heterocycles. The number of amides is 1. The Morgan fingerprint density at radius 2 is 2.00 bits per heavy atom. The standard InChI is InChI=1S/C13H23NO4/c1-9(2)11(15)14-7-10(12(16)18-5)6-13(14,3)8-17-4/h9-10H,6-8H2,1-5H3. The molecule has 0 aromatic heterocycles. The zero-order valence-corrected chi connectivity index (χ0v) is 11.9. The van der Waals surface area contributed by atoms with Gasteiger partial charge in [0.15, 0.2) is 0 Å². The Morgan fingerprint density at radius 1 is 1.39 bits per heavy atom. The van der Waals surface area contributed by atoms with Crippen molar-refractivity contribution in [3.05, 3.63) is 0 Å². The van der Waals surface area contributed by atoms with Crippen LogP contribution in [0.3, 0.4) is 0 Å². The molecule has 1 amide bonds. The number of ether oxygens (including phenoxy) is 2. The highest BCUT2D eigenvalue weighted by Crippen LogP contribution is 2.35. The maximum Gasteiger partial charge on any atom is 0.310 e. The first kappa shape index (κ1) is 15.0. The molecule has 0 spiro atoms. The molecule has 5 heteroatoms. The van der Waals surface area contributed by atoms with Gasteiger partial charge in [-0.05, 0) is 13.3 Å². The highest BCUT2D eigenvalue weighted by Gasteiger charge is 2.47. The van der Waals surface area contributed by atoms with Gasteiger partial charge in [-0.1, -0.05) is 13.8 Å². The van der Waals surface area contributed by atoms with Gasteiger partial charge >= 0.3 is 5.97 Å². The van der Waals surface area contributed by atoms with Crippen molar-refractivity contribution in [2.75, 3.05) is 27.4 Å². The van der Waals surface area contributed by atoms with Crippen molar-refractivity contribution in [1.82, 2.24) is 4.90 Å². The number of nitrogens with zero attached hydrogens (tertiary/aromatic N) is 1. The second kappa shape index (κ2) is 5.69. The minimum absolute atomic E-state index is 0.0564. The molecule has 1 aliphatic heterocycles. The Kier molecular flexibility index (Phi) is 4.73. The predicted molar refractivity (Wildman–Crippen MR) is 67.0 cm³/mol. The van der Waals surface area contributed by atoms with Crippen molar-refractivity contribution < 1.29 is 19.1 Å². The molecule has 1 rings (SSSR count). The van der Waals surface area contributed by atoms with Crippen molar-refractivity contribution in [1.29, 1.82) is 0 Å². The van der Waals surface area contributed by atoms with Crippen LogP contribution in [0.25, 0.3) is 0 Å². The third kappa shape index (κ3) is 2.83. The molecule has 104 valence electrons. The van der Waals surface area contributed by atoms with E-state index < -0.39 is 5.54 Å². The van der Waals surface area contributed by atoms with Crippen LogP contribution in [0, 0.1) is 11.8 Å². The smallest absolute Gasteiger partial charge is 0.310 e. The van der Waals surface area contributed by atoms with E-state index in [-0.39, 0.29) is 23.7 Å². The highest BCUT2D eigenvalue weighted by atomic mass is 16.5. The van der Waals surface area contributed by atoms with Crippen LogP contribution in [0.1, 0.15) is 27.2 Å². The quantitative estimate of drug-likeness (QED) is 0.707. The molecule has 5 nitrogen and oxygen atoms in total. The number of rotatable bonds is 4. The number of esters is 1. The molecule has 0 N–H and O–H groups in total. The summed E-state index contributed by atoms with van der Waals surface area (Å²) in [5.74, 6) is -0.534. The van der Waals surface area contributed by atoms with Crippen LogP contribution in [-0.4, -0.2) is 49.7 Å². The fourth-order valence-corrected chi connectivity index (χ4v) is 2.59. The van der Waals surface area contributed by atoms with Gasteiger partial charge in [0.25, 0.3) is 0 Å². The molecule has 1 aliphatic rings. The van der Waals surface area contributed by atoms with Gasteiger partial charge in [-0.2, -0.15) is 0 Å². The summed E-state index contributed by atoms with van der Waals surface area (Å²) >= 11 is 0. The first-order valence-corrected chi connectivity index (χ1v) is 6.24. The van der Waals surface area contributed by atoms with Crippen LogP contribution in [-0.2, 0) is 19.1 Å². The fraction of sp³-hybridized carbons (Fsp3) is 0.846. The van der Waals surface area contributed by atoms with Gasteiger partial charge in [0.1, 0.15) is 0 Å². The molecule has 0 aromatic carbocycles. The molecule has 0 aromatic rings. The van der Waals surface area contributed by atoms with Crippen LogP contribution in [0.4, 0.5) is 0 Å². The molecule has 1 fully saturated rings. The Labute approximate surface area is 108 Å². The summed E-state index contributed by atoms with van der Waals surface area (Å²) in [5.41, 5.74) is -0.422. The lowest BCUT2D eigenvalue weighted by Crippen LogP contribution is -2.49. The molecule has 0 bridgehead atoms. The fourth-order valence-electron chi connectivity index (χ4n) is 2.59. The first-order valence-electron chi connectivity index (χ1n) is 6.24. The van der Waals surface area contributed by atoms with Gasteiger partial charge < -0.3 is 14.4 Å². The van der Waals surface area contributed by atoms with Gasteiger partial charge in [-0.25, -0.2) is 0 Å². The van der Waals surface area contributed by atoms with Crippen molar-refractivity contribution in [2.24, 2.45) is 11.8 Å². The monoisotopic (exact) mass is 257 g/mol. The van der Waals surface area contributed by atoms with E-state index in [1.54, 1.807) is 12.0 Å². The number of carbonyl (C=O) groups is 2. The summed E-state index contributed by atoms with van der Waals surface area (Å²) in [6.07, 6.45) is 0.589. The third-order valence-corrected chi connectivity index (χ3v) is 3.49. The normalized spacial score (nSPS) is 27.7. The highest BCUT2D eigenvalue weighted by molar-refractivity contribution is 5.81. The molecular weight excluding hydrogens is 234 g/mol. The Balaban J connectivity index is 2.91. The van der Waals surface area contributed by atoms with Gasteiger partial charge in [-0.3, -0.25) is 9.59 Å². The van der Waals surface area contributed by atoms with Gasteiger partial charge in [0.2, 0.25) is 5.91 Å². The molecule has 0 radical (unpaired) electrons. The Morgan fingerprint density at radius 3 is 2.44 bits per heavy atom. The van der Waals surface area contributed by atoms with E-state index in [0.29, 0.717) is 19.6 Å². The Hall–Kier alpha value is -1.10. The summed E-state index contributed by atoms with van der Waals surface area (Å²) in [5, 5.41) is 0. The van der Waals surface area contributed by atoms with E-state index in [4.69, 9.17) is 9.47 Å². The largest absolute Gasteiger partial charge is 0.469 e. The van der Waals surface area contributed by atoms with E-state index in [0.717, 1.165) is 0 Å². The van der Waals surface area contributed by atoms with Gasteiger partial charge in [0, 0.05) is 19.6 Å². The second-order valence-electron chi connectivity index (χ2n) is 5.46. The van der Waals surface area contributed by atoms with Gasteiger partial charge in [-0.15, -0.1) is 0 Å². The van der Waals surface area contributed by atoms with Gasteiger partial charge in [0.05, 0.1) is 25.2 Å². The summed E-state index contributed by atoms with van der Waals surface area (Å²) in [7, 11) is 2.98. The summed E-state index contributed by atoms with van der Waals surface area (Å²) in [6, 6.07) is 0. The lowest BCUT2D eigenvalue weighted by Gasteiger charge is -2.35. The predicted octanol–water partition coefficient (Wildman–Crippen LogP) is 1.07. The summed E-state index contributed by atoms with van der Waals surface area (Å²) in [4.78, 5) is 25.6. The maximum absolute atomic E-state index is 12.2. The molecule has 1 saturated heterocycles. The molecule has 18 heavy (non-hydrogen) atoms. The average Bonchev–Trinajstić information content (AvgIpc) is 2.65. The number of methoxy groups -OCH3 is 2. The van der Waals surface area contributed by atoms with E-state index in [9.17, 15) is 9.59 Å². The molecule has 0 aliphatic carbocycles. The van der Waals surface area contributed by atoms with Crippen LogP contribution >= 0.6 is 0 Å². The van der Waals surface area contributed by atoms with Crippen molar-refractivity contribution >= 4 is 11.9 Å². The SMILES string of the molecule is COCC1(C)CC(C(=O)OC)CN1C(=O)C(C)C. The second-order valence-corrected chi connectivity index (χ2v) is 5.46. The first-order chi connectivity index (χ1) is 8.35. The van der Waals surface area contributed by atoms with Crippen LogP contribution in [0.5, 0.6) is 0 Å². The molecule has 2 atom stereocenters. The number of hydrogen-bond donors (Lipinski definition) is 0. The topological polar surface area (TPSA) is 55.8 Å². The number of carbonyl (C=O) groups excluding carboxylic acids is 2. The number of likely N-dealkylation sites (tertiary alicyclic amines) is 1. The minimum atomic E-state index is -0.422. The van der Waals surface area contributed by atoms with Crippen molar-refractivity contribution in [3.63, 3.8) is 0 Å². The van der Waals surface area contributed by atoms with E-state index in [2.05, 4.69) is 0 Å². The lowest BCUT2D eigenvalue weighted by molar-refractivity contribution is -0.145. The summed E-state index contributed by atoms with van der Waals surface area (Å²) < 4.78 is 9.98. The van der Waals surface area contributed by atoms with Crippen LogP contribution in [0.15, 0.2) is 0 Å². The zero-order valence-electron chi connectivity index (χ0n) is 11.9. The molecule has 0 saturated carbocycles. The average molecular weight is 257 g/mol. The van der Waals surface area contributed by atoms with E-state index >= 15 is 0 Å². The summed E-state index contributed by atoms with van der Waals surface area (Å²) in [6.45, 7) is 6.53. The van der Waals surface area contributed by atoms with Crippen LogP contribution in [0.2, 0.25) is 0 Å². The van der Waals surface area contributed by atoms with Crippen LogP contribution < -0.4 is 0 Å². The zero-order chi connectivity index (χ0) is 13.9. The van der Waals surface area contributed by atoms with Crippen molar-refractivity contribution in [3.8, 4) is 0 Å².